The van der Waals surface area contributed by atoms with E-state index in [1.165, 1.54) is 6.07 Å². The van der Waals surface area contributed by atoms with Gasteiger partial charge < -0.3 is 10.1 Å². The van der Waals surface area contributed by atoms with Gasteiger partial charge in [0.05, 0.1) is 12.2 Å². The molecule has 0 spiro atoms. The van der Waals surface area contributed by atoms with Gasteiger partial charge in [-0.05, 0) is 45.4 Å². The van der Waals surface area contributed by atoms with Crippen LogP contribution in [0.1, 0.15) is 26.7 Å². The van der Waals surface area contributed by atoms with Crippen LogP contribution in [0.25, 0.3) is 10.9 Å². The first-order valence-electron chi connectivity index (χ1n) is 8.88. The van der Waals surface area contributed by atoms with Gasteiger partial charge in [-0.25, -0.2) is 8.78 Å². The summed E-state index contributed by atoms with van der Waals surface area (Å²) >= 11 is 0. The van der Waals surface area contributed by atoms with E-state index in [1.807, 2.05) is 0 Å². The highest BCUT2D eigenvalue weighted by atomic mass is 19.1. The molecule has 1 N–H and O–H groups in total. The molecular formula is C19H25F2N3O. The summed E-state index contributed by atoms with van der Waals surface area (Å²) in [4.78, 5) is 6.44. The zero-order chi connectivity index (χ0) is 17.8. The molecule has 2 atom stereocenters. The molecule has 1 saturated heterocycles. The second-order valence-electron chi connectivity index (χ2n) is 6.79. The number of unbranched alkanes of at least 4 members (excludes halogenated alkanes) is 1. The normalized spacial score (nSPS) is 21.6. The molecule has 0 radical (unpaired) electrons. The van der Waals surface area contributed by atoms with E-state index in [0.717, 1.165) is 50.8 Å². The van der Waals surface area contributed by atoms with Crippen LogP contribution in [-0.4, -0.2) is 48.3 Å². The first kappa shape index (κ1) is 18.0. The number of pyridine rings is 1. The third-order valence-corrected chi connectivity index (χ3v) is 4.47. The summed E-state index contributed by atoms with van der Waals surface area (Å²) in [5, 5.41) is 3.76. The Kier molecular flexibility index (Phi) is 5.81. The molecule has 2 aromatic rings. The van der Waals surface area contributed by atoms with Gasteiger partial charge in [-0.1, -0.05) is 0 Å². The first-order chi connectivity index (χ1) is 12.0. The molecule has 1 aromatic heterocycles. The van der Waals surface area contributed by atoms with E-state index < -0.39 is 11.6 Å². The summed E-state index contributed by atoms with van der Waals surface area (Å²) < 4.78 is 33.0. The Morgan fingerprint density at radius 3 is 2.72 bits per heavy atom. The molecule has 0 amide bonds. The Balaban J connectivity index is 1.50. The number of nitrogens with one attached hydrogen (secondary N) is 1. The minimum Gasteiger partial charge on any atom is -0.384 e. The van der Waals surface area contributed by atoms with E-state index in [2.05, 4.69) is 29.0 Å². The number of anilines is 1. The summed E-state index contributed by atoms with van der Waals surface area (Å²) in [6.45, 7) is 7.97. The number of ether oxygens (including phenoxy) is 1. The highest BCUT2D eigenvalue weighted by molar-refractivity contribution is 5.91. The fourth-order valence-corrected chi connectivity index (χ4v) is 3.48. The lowest BCUT2D eigenvalue weighted by molar-refractivity contribution is -0.0681. The summed E-state index contributed by atoms with van der Waals surface area (Å²) in [5.41, 5.74) is 0.916. The molecule has 1 aliphatic rings. The maximum Gasteiger partial charge on any atom is 0.152 e. The van der Waals surface area contributed by atoms with Gasteiger partial charge in [0.25, 0.3) is 0 Å². The van der Waals surface area contributed by atoms with E-state index in [-0.39, 0.29) is 17.7 Å². The number of fused-ring (bicyclic) bond motifs is 1. The van der Waals surface area contributed by atoms with E-state index >= 15 is 0 Å². The molecule has 136 valence electrons. The Morgan fingerprint density at radius 1 is 1.20 bits per heavy atom. The Hall–Kier alpha value is -1.79. The molecule has 25 heavy (non-hydrogen) atoms. The molecule has 6 heteroatoms. The second-order valence-corrected chi connectivity index (χ2v) is 6.79. The first-order valence-corrected chi connectivity index (χ1v) is 8.88. The van der Waals surface area contributed by atoms with Gasteiger partial charge in [0.15, 0.2) is 5.82 Å². The molecule has 2 unspecified atom stereocenters. The molecule has 3 rings (SSSR count). The van der Waals surface area contributed by atoms with Gasteiger partial charge in [-0.15, -0.1) is 0 Å². The molecule has 1 aromatic carbocycles. The third-order valence-electron chi connectivity index (χ3n) is 4.47. The lowest BCUT2D eigenvalue weighted by atomic mass is 10.1. The molecular weight excluding hydrogens is 324 g/mol. The number of hydrogen-bond acceptors (Lipinski definition) is 4. The minimum atomic E-state index is -0.630. The topological polar surface area (TPSA) is 37.4 Å². The Bertz CT molecular complexity index is 715. The van der Waals surface area contributed by atoms with Crippen LogP contribution < -0.4 is 5.32 Å². The molecule has 0 aliphatic carbocycles. The number of morpholine rings is 1. The molecule has 0 saturated carbocycles. The van der Waals surface area contributed by atoms with E-state index in [0.29, 0.717) is 5.39 Å². The van der Waals surface area contributed by atoms with Gasteiger partial charge in [-0.2, -0.15) is 0 Å². The number of hydrogen-bond donors (Lipinski definition) is 1. The van der Waals surface area contributed by atoms with Crippen LogP contribution in [0.5, 0.6) is 0 Å². The predicted molar refractivity (Wildman–Crippen MR) is 95.8 cm³/mol. The van der Waals surface area contributed by atoms with Crippen LogP contribution in [0.2, 0.25) is 0 Å². The van der Waals surface area contributed by atoms with Crippen LogP contribution in [0.3, 0.4) is 0 Å². The number of aromatic nitrogens is 1. The standard InChI is InChI=1S/C19H25F2N3O/c1-13-11-24(12-14(2)25-13)8-4-3-6-22-18-5-7-23-19-16(18)9-15(20)10-17(19)21/h5,7,9-10,13-14H,3-4,6,8,11-12H2,1-2H3,(H,22,23). The van der Waals surface area contributed by atoms with Crippen molar-refractivity contribution in [2.24, 2.45) is 0 Å². The number of halogens is 2. The van der Waals surface area contributed by atoms with Crippen LogP contribution in [0, 0.1) is 11.6 Å². The van der Waals surface area contributed by atoms with Crippen LogP contribution in [-0.2, 0) is 4.74 Å². The lowest BCUT2D eigenvalue weighted by Gasteiger charge is -2.35. The zero-order valence-electron chi connectivity index (χ0n) is 14.8. The predicted octanol–water partition coefficient (Wildman–Crippen LogP) is 3.81. The Morgan fingerprint density at radius 2 is 1.96 bits per heavy atom. The van der Waals surface area contributed by atoms with Gasteiger partial charge in [0, 0.05) is 43.0 Å². The fraction of sp³-hybridized carbons (Fsp3) is 0.526. The van der Waals surface area contributed by atoms with Crippen molar-refractivity contribution in [2.75, 3.05) is 31.5 Å². The number of rotatable bonds is 6. The van der Waals surface area contributed by atoms with E-state index in [1.54, 1.807) is 12.3 Å². The Labute approximate surface area is 147 Å². The van der Waals surface area contributed by atoms with Crippen molar-refractivity contribution in [1.82, 2.24) is 9.88 Å². The van der Waals surface area contributed by atoms with Gasteiger partial charge in [0.2, 0.25) is 0 Å². The third kappa shape index (κ3) is 4.64. The van der Waals surface area contributed by atoms with E-state index in [4.69, 9.17) is 4.74 Å². The van der Waals surface area contributed by atoms with Crippen molar-refractivity contribution in [3.63, 3.8) is 0 Å². The maximum absolute atomic E-state index is 13.8. The minimum absolute atomic E-state index is 0.197. The average molecular weight is 349 g/mol. The van der Waals surface area contributed by atoms with Crippen LogP contribution in [0.15, 0.2) is 24.4 Å². The number of benzene rings is 1. The SMILES string of the molecule is CC1CN(CCCCNc2ccnc3c(F)cc(F)cc23)CC(C)O1. The second kappa shape index (κ2) is 8.06. The quantitative estimate of drug-likeness (QED) is 0.805. The van der Waals surface area contributed by atoms with Crippen molar-refractivity contribution in [3.8, 4) is 0 Å². The average Bonchev–Trinajstić information content (AvgIpc) is 2.54. The summed E-state index contributed by atoms with van der Waals surface area (Å²) in [6, 6.07) is 3.94. The maximum atomic E-state index is 13.8. The van der Waals surface area contributed by atoms with Gasteiger partial charge >= 0.3 is 0 Å². The molecule has 1 fully saturated rings. The monoisotopic (exact) mass is 349 g/mol. The van der Waals surface area contributed by atoms with Crippen molar-refractivity contribution in [3.05, 3.63) is 36.0 Å². The zero-order valence-corrected chi connectivity index (χ0v) is 14.8. The molecule has 2 heterocycles. The van der Waals surface area contributed by atoms with Crippen molar-refractivity contribution in [2.45, 2.75) is 38.9 Å². The fourth-order valence-electron chi connectivity index (χ4n) is 3.48. The smallest absolute Gasteiger partial charge is 0.152 e. The van der Waals surface area contributed by atoms with Crippen molar-refractivity contribution in [1.29, 1.82) is 0 Å². The van der Waals surface area contributed by atoms with Crippen molar-refractivity contribution >= 4 is 16.6 Å². The van der Waals surface area contributed by atoms with Crippen LogP contribution >= 0.6 is 0 Å². The lowest BCUT2D eigenvalue weighted by Crippen LogP contribution is -2.45. The summed E-state index contributed by atoms with van der Waals surface area (Å²) in [7, 11) is 0. The highest BCUT2D eigenvalue weighted by Crippen LogP contribution is 2.24. The highest BCUT2D eigenvalue weighted by Gasteiger charge is 2.21. The van der Waals surface area contributed by atoms with Gasteiger partial charge in [0.1, 0.15) is 11.3 Å². The largest absolute Gasteiger partial charge is 0.384 e. The molecule has 0 bridgehead atoms. The summed E-state index contributed by atoms with van der Waals surface area (Å²) in [6.07, 6.45) is 4.17. The number of nitrogens with zero attached hydrogens (tertiary/aromatic N) is 2. The van der Waals surface area contributed by atoms with Crippen LogP contribution in [0.4, 0.5) is 14.5 Å². The summed E-state index contributed by atoms with van der Waals surface area (Å²) in [5.74, 6) is -1.22. The molecule has 1 aliphatic heterocycles. The van der Waals surface area contributed by atoms with Gasteiger partial charge in [-0.3, -0.25) is 9.88 Å². The molecule has 4 nitrogen and oxygen atoms in total. The van der Waals surface area contributed by atoms with E-state index in [9.17, 15) is 8.78 Å². The van der Waals surface area contributed by atoms with Crippen molar-refractivity contribution < 1.29 is 13.5 Å².